The van der Waals surface area contributed by atoms with Crippen molar-refractivity contribution in [3.05, 3.63) is 0 Å². The molecule has 1 atom stereocenters. The molecule has 0 spiro atoms. The van der Waals surface area contributed by atoms with E-state index >= 15 is 0 Å². The summed E-state index contributed by atoms with van der Waals surface area (Å²) in [6, 6.07) is 0. The highest BCUT2D eigenvalue weighted by atomic mass is 32.2. The Labute approximate surface area is 71.2 Å². The van der Waals surface area contributed by atoms with Gasteiger partial charge in [-0.25, -0.2) is 0 Å². The van der Waals surface area contributed by atoms with E-state index in [4.69, 9.17) is 15.9 Å². The van der Waals surface area contributed by atoms with Crippen molar-refractivity contribution < 1.29 is 4.74 Å². The molecule has 3 N–H and O–H groups in total. The summed E-state index contributed by atoms with van der Waals surface area (Å²) in [5.41, 5.74) is 5.20. The predicted molar refractivity (Wildman–Crippen MR) is 48.2 cm³/mol. The van der Waals surface area contributed by atoms with Gasteiger partial charge >= 0.3 is 0 Å². The first-order valence-corrected chi connectivity index (χ1v) is 4.97. The quantitative estimate of drug-likeness (QED) is 0.490. The minimum Gasteiger partial charge on any atom is -0.387 e. The lowest BCUT2D eigenvalue weighted by atomic mass is 10.3. The fraction of sp³-hybridized carbons (Fsp3) is 0.857. The molecule has 1 heterocycles. The number of nitrogens with one attached hydrogen (secondary N) is 1. The SMILES string of the molecule is N=C(N)CSCC1CCCO1. The summed E-state index contributed by atoms with van der Waals surface area (Å²) in [5, 5.41) is 6.98. The minimum absolute atomic E-state index is 0.257. The summed E-state index contributed by atoms with van der Waals surface area (Å²) in [4.78, 5) is 0. The van der Waals surface area contributed by atoms with E-state index in [1.165, 1.54) is 12.8 Å². The lowest BCUT2D eigenvalue weighted by Crippen LogP contribution is -2.15. The van der Waals surface area contributed by atoms with E-state index in [2.05, 4.69) is 0 Å². The normalized spacial score (nSPS) is 23.8. The molecule has 0 aliphatic carbocycles. The molecule has 1 fully saturated rings. The first kappa shape index (κ1) is 8.87. The lowest BCUT2D eigenvalue weighted by molar-refractivity contribution is 0.129. The standard InChI is InChI=1S/C7H14N2OS/c8-7(9)5-11-4-6-2-1-3-10-6/h6H,1-5H2,(H3,8,9). The molecule has 11 heavy (non-hydrogen) atoms. The van der Waals surface area contributed by atoms with E-state index < -0.39 is 0 Å². The van der Waals surface area contributed by atoms with Gasteiger partial charge in [-0.2, -0.15) is 11.8 Å². The molecule has 0 radical (unpaired) electrons. The van der Waals surface area contributed by atoms with Crippen LogP contribution in [0.25, 0.3) is 0 Å². The summed E-state index contributed by atoms with van der Waals surface area (Å²) in [6.07, 6.45) is 2.77. The highest BCUT2D eigenvalue weighted by Crippen LogP contribution is 2.16. The number of hydrogen-bond donors (Lipinski definition) is 2. The van der Waals surface area contributed by atoms with Crippen molar-refractivity contribution in [3.63, 3.8) is 0 Å². The zero-order valence-electron chi connectivity index (χ0n) is 6.51. The van der Waals surface area contributed by atoms with Gasteiger partial charge in [0, 0.05) is 12.4 Å². The number of hydrogen-bond acceptors (Lipinski definition) is 3. The number of rotatable bonds is 4. The predicted octanol–water partition coefficient (Wildman–Crippen LogP) is 0.835. The zero-order chi connectivity index (χ0) is 8.10. The Morgan fingerprint density at radius 2 is 2.55 bits per heavy atom. The molecule has 1 unspecified atom stereocenters. The third-order valence-electron chi connectivity index (χ3n) is 1.59. The van der Waals surface area contributed by atoms with Crippen molar-refractivity contribution in [3.8, 4) is 0 Å². The van der Waals surface area contributed by atoms with Gasteiger partial charge in [0.1, 0.15) is 5.84 Å². The van der Waals surface area contributed by atoms with Crippen LogP contribution < -0.4 is 5.73 Å². The van der Waals surface area contributed by atoms with Crippen molar-refractivity contribution >= 4 is 17.6 Å². The summed E-state index contributed by atoms with van der Waals surface area (Å²) in [7, 11) is 0. The smallest absolute Gasteiger partial charge is 0.101 e. The molecule has 1 rings (SSSR count). The molecule has 3 nitrogen and oxygen atoms in total. The topological polar surface area (TPSA) is 59.1 Å². The van der Waals surface area contributed by atoms with Crippen molar-refractivity contribution in [1.82, 2.24) is 0 Å². The van der Waals surface area contributed by atoms with Crippen molar-refractivity contribution in [1.29, 1.82) is 5.41 Å². The highest BCUT2D eigenvalue weighted by Gasteiger charge is 2.14. The van der Waals surface area contributed by atoms with Crippen LogP contribution in [0.2, 0.25) is 0 Å². The van der Waals surface area contributed by atoms with E-state index in [9.17, 15) is 0 Å². The van der Waals surface area contributed by atoms with Crippen LogP contribution in [0.15, 0.2) is 0 Å². The number of thioether (sulfide) groups is 1. The first-order valence-electron chi connectivity index (χ1n) is 3.81. The van der Waals surface area contributed by atoms with Gasteiger partial charge in [-0.15, -0.1) is 0 Å². The first-order chi connectivity index (χ1) is 5.29. The molecule has 1 aliphatic heterocycles. The Morgan fingerprint density at radius 1 is 1.73 bits per heavy atom. The highest BCUT2D eigenvalue weighted by molar-refractivity contribution is 8.00. The molecule has 4 heteroatoms. The summed E-state index contributed by atoms with van der Waals surface area (Å²) < 4.78 is 5.40. The Kier molecular flexibility index (Phi) is 3.72. The summed E-state index contributed by atoms with van der Waals surface area (Å²) >= 11 is 1.68. The van der Waals surface area contributed by atoms with E-state index in [0.717, 1.165) is 12.4 Å². The zero-order valence-corrected chi connectivity index (χ0v) is 7.32. The molecule has 0 aromatic heterocycles. The number of ether oxygens (including phenoxy) is 1. The monoisotopic (exact) mass is 174 g/mol. The number of nitrogens with two attached hydrogens (primary N) is 1. The van der Waals surface area contributed by atoms with Crippen LogP contribution in [0.4, 0.5) is 0 Å². The maximum Gasteiger partial charge on any atom is 0.101 e. The van der Waals surface area contributed by atoms with Gasteiger partial charge in [0.05, 0.1) is 11.9 Å². The van der Waals surface area contributed by atoms with Gasteiger partial charge in [-0.1, -0.05) is 0 Å². The molecular weight excluding hydrogens is 160 g/mol. The Morgan fingerprint density at radius 3 is 3.09 bits per heavy atom. The van der Waals surface area contributed by atoms with Crippen molar-refractivity contribution in [2.24, 2.45) is 5.73 Å². The van der Waals surface area contributed by atoms with Gasteiger partial charge in [0.2, 0.25) is 0 Å². The van der Waals surface area contributed by atoms with Crippen LogP contribution in [0.3, 0.4) is 0 Å². The molecule has 0 aromatic rings. The molecule has 0 aromatic carbocycles. The molecule has 64 valence electrons. The van der Waals surface area contributed by atoms with E-state index in [1.54, 1.807) is 11.8 Å². The van der Waals surface area contributed by atoms with Crippen LogP contribution in [0.1, 0.15) is 12.8 Å². The summed E-state index contributed by atoms with van der Waals surface area (Å²) in [6.45, 7) is 0.908. The molecular formula is C7H14N2OS. The van der Waals surface area contributed by atoms with Crippen molar-refractivity contribution in [2.75, 3.05) is 18.1 Å². The van der Waals surface area contributed by atoms with E-state index in [0.29, 0.717) is 11.9 Å². The van der Waals surface area contributed by atoms with Crippen LogP contribution >= 0.6 is 11.8 Å². The summed E-state index contributed by atoms with van der Waals surface area (Å²) in [5.74, 6) is 1.88. The molecule has 0 bridgehead atoms. The van der Waals surface area contributed by atoms with Gasteiger partial charge in [0.25, 0.3) is 0 Å². The second-order valence-electron chi connectivity index (χ2n) is 2.68. The van der Waals surface area contributed by atoms with Crippen LogP contribution in [-0.2, 0) is 4.74 Å². The average Bonchev–Trinajstić information content (AvgIpc) is 2.39. The Bertz CT molecular complexity index is 134. The van der Waals surface area contributed by atoms with Gasteiger partial charge < -0.3 is 10.5 Å². The van der Waals surface area contributed by atoms with Gasteiger partial charge in [-0.3, -0.25) is 5.41 Å². The fourth-order valence-corrected chi connectivity index (χ4v) is 1.94. The molecule has 0 saturated carbocycles. The van der Waals surface area contributed by atoms with Crippen LogP contribution in [-0.4, -0.2) is 30.1 Å². The third kappa shape index (κ3) is 3.62. The fourth-order valence-electron chi connectivity index (χ4n) is 1.08. The van der Waals surface area contributed by atoms with Crippen LogP contribution in [0.5, 0.6) is 0 Å². The second kappa shape index (κ2) is 4.62. The Balaban J connectivity index is 1.98. The minimum atomic E-state index is 0.257. The molecule has 0 amide bonds. The van der Waals surface area contributed by atoms with Crippen molar-refractivity contribution in [2.45, 2.75) is 18.9 Å². The average molecular weight is 174 g/mol. The third-order valence-corrected chi connectivity index (χ3v) is 2.71. The number of amidine groups is 1. The maximum absolute atomic E-state index is 6.98. The van der Waals surface area contributed by atoms with Crippen LogP contribution in [0, 0.1) is 5.41 Å². The Hall–Kier alpha value is -0.220. The molecule has 1 aliphatic rings. The van der Waals surface area contributed by atoms with Gasteiger partial charge in [-0.05, 0) is 12.8 Å². The molecule has 1 saturated heterocycles. The van der Waals surface area contributed by atoms with E-state index in [-0.39, 0.29) is 5.84 Å². The lowest BCUT2D eigenvalue weighted by Gasteiger charge is -2.07. The van der Waals surface area contributed by atoms with E-state index in [1.807, 2.05) is 0 Å². The second-order valence-corrected chi connectivity index (χ2v) is 3.71. The largest absolute Gasteiger partial charge is 0.387 e. The van der Waals surface area contributed by atoms with Gasteiger partial charge in [0.15, 0.2) is 0 Å². The maximum atomic E-state index is 6.98.